The molecule has 1 atom stereocenters. The summed E-state index contributed by atoms with van der Waals surface area (Å²) in [4.78, 5) is 18.8. The van der Waals surface area contributed by atoms with E-state index in [1.165, 1.54) is 6.20 Å². The third kappa shape index (κ3) is 3.34. The molecule has 7 nitrogen and oxygen atoms in total. The summed E-state index contributed by atoms with van der Waals surface area (Å²) >= 11 is 0. The molecule has 0 amide bonds. The Labute approximate surface area is 118 Å². The van der Waals surface area contributed by atoms with Gasteiger partial charge in [-0.1, -0.05) is 13.8 Å². The summed E-state index contributed by atoms with van der Waals surface area (Å²) in [6.45, 7) is 7.03. The third-order valence-electron chi connectivity index (χ3n) is 3.61. The smallest absolute Gasteiger partial charge is 0.329 e. The van der Waals surface area contributed by atoms with Crippen LogP contribution in [0.5, 0.6) is 0 Å². The van der Waals surface area contributed by atoms with E-state index in [0.717, 1.165) is 19.3 Å². The molecule has 1 saturated carbocycles. The number of anilines is 2. The summed E-state index contributed by atoms with van der Waals surface area (Å²) in [5.74, 6) is 0.724. The molecule has 2 N–H and O–H groups in total. The predicted octanol–water partition coefficient (Wildman–Crippen LogP) is 2.81. The molecule has 2 rings (SSSR count). The zero-order chi connectivity index (χ0) is 14.8. The highest BCUT2D eigenvalue weighted by Crippen LogP contribution is 2.39. The van der Waals surface area contributed by atoms with Gasteiger partial charge >= 0.3 is 5.69 Å². The third-order valence-corrected chi connectivity index (χ3v) is 3.61. The van der Waals surface area contributed by atoms with E-state index in [1.54, 1.807) is 0 Å². The number of rotatable bonds is 5. The van der Waals surface area contributed by atoms with E-state index < -0.39 is 4.92 Å². The zero-order valence-corrected chi connectivity index (χ0v) is 12.1. The molecule has 7 heteroatoms. The van der Waals surface area contributed by atoms with E-state index >= 15 is 0 Å². The van der Waals surface area contributed by atoms with Crippen LogP contribution < -0.4 is 10.6 Å². The molecule has 1 aromatic heterocycles. The fraction of sp³-hybridized carbons (Fsp3) is 0.692. The summed E-state index contributed by atoms with van der Waals surface area (Å²) in [5, 5.41) is 17.2. The molecule has 0 aliphatic heterocycles. The summed E-state index contributed by atoms with van der Waals surface area (Å²) in [6.07, 6.45) is 4.37. The molecule has 1 aliphatic carbocycles. The normalized spacial score (nSPS) is 20.6. The molecule has 0 bridgehead atoms. The Morgan fingerprint density at radius 1 is 1.55 bits per heavy atom. The number of nitro groups is 1. The van der Waals surface area contributed by atoms with Crippen LogP contribution in [0.2, 0.25) is 0 Å². The lowest BCUT2D eigenvalue weighted by molar-refractivity contribution is -0.384. The first-order valence-electron chi connectivity index (χ1n) is 6.93. The monoisotopic (exact) mass is 279 g/mol. The highest BCUT2D eigenvalue weighted by atomic mass is 16.6. The first-order chi connectivity index (χ1) is 9.41. The molecule has 0 aromatic carbocycles. The van der Waals surface area contributed by atoms with Gasteiger partial charge in [0.2, 0.25) is 11.8 Å². The first-order valence-corrected chi connectivity index (χ1v) is 6.93. The highest BCUT2D eigenvalue weighted by molar-refractivity contribution is 5.57. The van der Waals surface area contributed by atoms with Gasteiger partial charge in [0.15, 0.2) is 0 Å². The molecule has 1 aliphatic rings. The van der Waals surface area contributed by atoms with E-state index in [-0.39, 0.29) is 17.1 Å². The first kappa shape index (κ1) is 14.5. The molecule has 20 heavy (non-hydrogen) atoms. The fourth-order valence-electron chi connectivity index (χ4n) is 2.61. The van der Waals surface area contributed by atoms with E-state index in [2.05, 4.69) is 34.4 Å². The van der Waals surface area contributed by atoms with Gasteiger partial charge in [-0.3, -0.25) is 10.1 Å². The van der Waals surface area contributed by atoms with Crippen molar-refractivity contribution in [2.75, 3.05) is 17.2 Å². The molecule has 1 unspecified atom stereocenters. The van der Waals surface area contributed by atoms with Crippen LogP contribution in [-0.4, -0.2) is 27.5 Å². The van der Waals surface area contributed by atoms with Crippen molar-refractivity contribution in [2.24, 2.45) is 5.41 Å². The van der Waals surface area contributed by atoms with Crippen LogP contribution in [0.1, 0.15) is 40.0 Å². The average molecular weight is 279 g/mol. The van der Waals surface area contributed by atoms with Crippen LogP contribution in [0.15, 0.2) is 6.20 Å². The standard InChI is InChI=1S/C13H21N5O2/c1-4-14-12-15-8-10(18(19)20)11(17-12)16-9-5-6-13(2,3)7-9/h8-9H,4-7H2,1-3H3,(H2,14,15,16,17). The van der Waals surface area contributed by atoms with Crippen molar-refractivity contribution >= 4 is 17.5 Å². The van der Waals surface area contributed by atoms with E-state index in [0.29, 0.717) is 18.3 Å². The zero-order valence-electron chi connectivity index (χ0n) is 12.1. The molecule has 1 fully saturated rings. The average Bonchev–Trinajstić information content (AvgIpc) is 2.69. The molecule has 1 aromatic rings. The minimum atomic E-state index is -0.446. The number of hydrogen-bond acceptors (Lipinski definition) is 6. The largest absolute Gasteiger partial charge is 0.361 e. The maximum absolute atomic E-state index is 11.1. The Hall–Kier alpha value is -1.92. The van der Waals surface area contributed by atoms with Gasteiger partial charge in [0.05, 0.1) is 4.92 Å². The summed E-state index contributed by atoms with van der Waals surface area (Å²) in [6, 6.07) is 0.230. The Morgan fingerprint density at radius 2 is 2.30 bits per heavy atom. The molecular formula is C13H21N5O2. The van der Waals surface area contributed by atoms with Gasteiger partial charge in [-0.05, 0) is 31.6 Å². The van der Waals surface area contributed by atoms with Gasteiger partial charge in [-0.25, -0.2) is 4.98 Å². The number of hydrogen-bond donors (Lipinski definition) is 2. The van der Waals surface area contributed by atoms with Crippen molar-refractivity contribution in [3.8, 4) is 0 Å². The van der Waals surface area contributed by atoms with Crippen molar-refractivity contribution in [3.63, 3.8) is 0 Å². The minimum absolute atomic E-state index is 0.0728. The molecular weight excluding hydrogens is 258 g/mol. The van der Waals surface area contributed by atoms with Crippen molar-refractivity contribution in [3.05, 3.63) is 16.3 Å². The number of nitrogens with zero attached hydrogens (tertiary/aromatic N) is 3. The van der Waals surface area contributed by atoms with Gasteiger partial charge < -0.3 is 10.6 Å². The lowest BCUT2D eigenvalue weighted by atomic mass is 9.92. The van der Waals surface area contributed by atoms with Crippen LogP contribution in [-0.2, 0) is 0 Å². The van der Waals surface area contributed by atoms with Gasteiger partial charge in [0.1, 0.15) is 6.20 Å². The second-order valence-electron chi connectivity index (χ2n) is 5.96. The molecule has 0 saturated heterocycles. The molecule has 0 spiro atoms. The molecule has 110 valence electrons. The SMILES string of the molecule is CCNc1ncc([N+](=O)[O-])c(NC2CCC(C)(C)C2)n1. The molecule has 1 heterocycles. The number of aromatic nitrogens is 2. The summed E-state index contributed by atoms with van der Waals surface area (Å²) in [7, 11) is 0. The van der Waals surface area contributed by atoms with E-state index in [9.17, 15) is 10.1 Å². The van der Waals surface area contributed by atoms with Gasteiger partial charge in [-0.2, -0.15) is 4.98 Å². The van der Waals surface area contributed by atoms with Crippen LogP contribution in [0.3, 0.4) is 0 Å². The number of nitrogens with one attached hydrogen (secondary N) is 2. The van der Waals surface area contributed by atoms with Crippen molar-refractivity contribution in [1.29, 1.82) is 0 Å². The lowest BCUT2D eigenvalue weighted by Crippen LogP contribution is -2.20. The van der Waals surface area contributed by atoms with Crippen LogP contribution >= 0.6 is 0 Å². The Morgan fingerprint density at radius 3 is 2.85 bits per heavy atom. The topological polar surface area (TPSA) is 93.0 Å². The second-order valence-corrected chi connectivity index (χ2v) is 5.96. The van der Waals surface area contributed by atoms with E-state index in [1.807, 2.05) is 6.92 Å². The maximum Gasteiger partial charge on any atom is 0.329 e. The Balaban J connectivity index is 2.19. The maximum atomic E-state index is 11.1. The van der Waals surface area contributed by atoms with Gasteiger partial charge in [-0.15, -0.1) is 0 Å². The summed E-state index contributed by atoms with van der Waals surface area (Å²) < 4.78 is 0. The minimum Gasteiger partial charge on any atom is -0.361 e. The van der Waals surface area contributed by atoms with Crippen molar-refractivity contribution in [2.45, 2.75) is 46.1 Å². The van der Waals surface area contributed by atoms with Crippen LogP contribution in [0, 0.1) is 15.5 Å². The predicted molar refractivity (Wildman–Crippen MR) is 77.9 cm³/mol. The quantitative estimate of drug-likeness (QED) is 0.636. The molecule has 0 radical (unpaired) electrons. The Kier molecular flexibility index (Phi) is 4.06. The fourth-order valence-corrected chi connectivity index (χ4v) is 2.61. The van der Waals surface area contributed by atoms with Gasteiger partial charge in [0, 0.05) is 12.6 Å². The highest BCUT2D eigenvalue weighted by Gasteiger charge is 2.32. The lowest BCUT2D eigenvalue weighted by Gasteiger charge is -2.18. The van der Waals surface area contributed by atoms with Crippen molar-refractivity contribution in [1.82, 2.24) is 9.97 Å². The summed E-state index contributed by atoms with van der Waals surface area (Å²) in [5.41, 5.74) is 0.209. The van der Waals surface area contributed by atoms with E-state index in [4.69, 9.17) is 0 Å². The van der Waals surface area contributed by atoms with Crippen molar-refractivity contribution < 1.29 is 4.92 Å². The van der Waals surface area contributed by atoms with Gasteiger partial charge in [0.25, 0.3) is 0 Å². The van der Waals surface area contributed by atoms with Crippen LogP contribution in [0.25, 0.3) is 0 Å². The second kappa shape index (κ2) is 5.60. The Bertz CT molecular complexity index is 504. The van der Waals surface area contributed by atoms with Crippen LogP contribution in [0.4, 0.5) is 17.5 Å².